The summed E-state index contributed by atoms with van der Waals surface area (Å²) in [5, 5.41) is 2.41. The summed E-state index contributed by atoms with van der Waals surface area (Å²) in [7, 11) is -3.64. The van der Waals surface area contributed by atoms with Gasteiger partial charge in [-0.05, 0) is 43.7 Å². The van der Waals surface area contributed by atoms with Crippen LogP contribution in [0.15, 0.2) is 48.5 Å². The lowest BCUT2D eigenvalue weighted by atomic mass is 10.2. The number of hydrogen-bond acceptors (Lipinski definition) is 4. The van der Waals surface area contributed by atoms with Crippen molar-refractivity contribution in [1.82, 2.24) is 0 Å². The second-order valence-electron chi connectivity index (χ2n) is 6.47. The number of sulfonamides is 1. The average molecular weight is 444 g/mol. The molecule has 2 aromatic rings. The van der Waals surface area contributed by atoms with Crippen LogP contribution in [0.1, 0.15) is 25.3 Å². The number of amides is 1. The molecule has 0 aliphatic rings. The smallest absolute Gasteiger partial charge is 0.416 e. The fraction of sp³-hybridized carbons (Fsp3) is 0.350. The lowest BCUT2D eigenvalue weighted by Crippen LogP contribution is -2.31. The summed E-state index contributed by atoms with van der Waals surface area (Å²) in [6, 6.07) is 11.0. The molecule has 164 valence electrons. The fourth-order valence-corrected chi connectivity index (χ4v) is 3.75. The second-order valence-corrected chi connectivity index (χ2v) is 8.37. The molecule has 0 atom stereocenters. The van der Waals surface area contributed by atoms with Gasteiger partial charge in [0, 0.05) is 18.7 Å². The van der Waals surface area contributed by atoms with Crippen molar-refractivity contribution in [1.29, 1.82) is 0 Å². The van der Waals surface area contributed by atoms with Gasteiger partial charge < -0.3 is 10.1 Å². The Morgan fingerprint density at radius 1 is 1.13 bits per heavy atom. The predicted molar refractivity (Wildman–Crippen MR) is 109 cm³/mol. The van der Waals surface area contributed by atoms with Crippen LogP contribution in [-0.4, -0.2) is 33.7 Å². The Hall–Kier alpha value is -2.75. The number of carbonyl (C=O) groups excluding carboxylic acids is 1. The Morgan fingerprint density at radius 3 is 2.47 bits per heavy atom. The van der Waals surface area contributed by atoms with Gasteiger partial charge in [0.05, 0.1) is 24.1 Å². The van der Waals surface area contributed by atoms with E-state index in [0.29, 0.717) is 18.0 Å². The van der Waals surface area contributed by atoms with E-state index >= 15 is 0 Å². The molecule has 0 saturated heterocycles. The molecule has 1 N–H and O–H groups in total. The molecule has 10 heteroatoms. The number of alkyl halides is 3. The zero-order chi connectivity index (χ0) is 22.4. The number of para-hydroxylation sites is 2. The Balaban J connectivity index is 2.04. The van der Waals surface area contributed by atoms with Crippen molar-refractivity contribution in [2.45, 2.75) is 25.9 Å². The van der Waals surface area contributed by atoms with Gasteiger partial charge in [-0.25, -0.2) is 8.42 Å². The minimum Gasteiger partial charge on any atom is -0.492 e. The molecule has 30 heavy (non-hydrogen) atoms. The highest BCUT2D eigenvalue weighted by Crippen LogP contribution is 2.31. The van der Waals surface area contributed by atoms with Crippen molar-refractivity contribution in [3.05, 3.63) is 54.1 Å². The molecule has 0 saturated carbocycles. The molecule has 0 bridgehead atoms. The van der Waals surface area contributed by atoms with E-state index in [4.69, 9.17) is 4.74 Å². The molecule has 0 spiro atoms. The predicted octanol–water partition coefficient (Wildman–Crippen LogP) is 4.29. The number of nitrogens with zero attached hydrogens (tertiary/aromatic N) is 1. The van der Waals surface area contributed by atoms with Gasteiger partial charge in [-0.2, -0.15) is 13.2 Å². The fourth-order valence-electron chi connectivity index (χ4n) is 2.79. The number of anilines is 2. The minimum atomic E-state index is -4.51. The topological polar surface area (TPSA) is 75.7 Å². The van der Waals surface area contributed by atoms with Gasteiger partial charge in [-0.1, -0.05) is 18.2 Å². The van der Waals surface area contributed by atoms with Crippen LogP contribution in [0.2, 0.25) is 0 Å². The molecular weight excluding hydrogens is 421 g/mol. The summed E-state index contributed by atoms with van der Waals surface area (Å²) >= 11 is 0. The first-order chi connectivity index (χ1) is 14.0. The Kier molecular flexibility index (Phi) is 7.71. The maximum atomic E-state index is 12.8. The van der Waals surface area contributed by atoms with E-state index in [-0.39, 0.29) is 25.1 Å². The monoisotopic (exact) mass is 444 g/mol. The first-order valence-corrected chi connectivity index (χ1v) is 11.0. The van der Waals surface area contributed by atoms with Crippen LogP contribution in [-0.2, 0) is 21.0 Å². The average Bonchev–Trinajstić information content (AvgIpc) is 2.65. The molecule has 0 aliphatic carbocycles. The highest BCUT2D eigenvalue weighted by atomic mass is 32.2. The van der Waals surface area contributed by atoms with Crippen molar-refractivity contribution in [3.8, 4) is 5.75 Å². The van der Waals surface area contributed by atoms with Crippen LogP contribution in [0.3, 0.4) is 0 Å². The van der Waals surface area contributed by atoms with E-state index in [1.54, 1.807) is 31.2 Å². The lowest BCUT2D eigenvalue weighted by Gasteiger charge is -2.24. The molecule has 0 radical (unpaired) electrons. The van der Waals surface area contributed by atoms with Gasteiger partial charge in [0.2, 0.25) is 15.9 Å². The number of benzene rings is 2. The van der Waals surface area contributed by atoms with Crippen LogP contribution in [0.5, 0.6) is 5.75 Å². The molecule has 0 unspecified atom stereocenters. The summed E-state index contributed by atoms with van der Waals surface area (Å²) in [5.74, 6) is -0.111. The molecule has 0 aliphatic heterocycles. The second kappa shape index (κ2) is 9.84. The third kappa shape index (κ3) is 6.65. The number of carbonyl (C=O) groups is 1. The van der Waals surface area contributed by atoms with Crippen molar-refractivity contribution in [2.24, 2.45) is 0 Å². The summed E-state index contributed by atoms with van der Waals surface area (Å²) in [6.45, 7) is 2.15. The summed E-state index contributed by atoms with van der Waals surface area (Å²) < 4.78 is 69.4. The lowest BCUT2D eigenvalue weighted by molar-refractivity contribution is -0.137. The summed E-state index contributed by atoms with van der Waals surface area (Å²) in [5.41, 5.74) is -0.479. The van der Waals surface area contributed by atoms with E-state index in [0.717, 1.165) is 22.7 Å². The van der Waals surface area contributed by atoms with Gasteiger partial charge in [-0.15, -0.1) is 0 Å². The molecule has 0 aromatic heterocycles. The van der Waals surface area contributed by atoms with E-state index in [9.17, 15) is 26.4 Å². The highest BCUT2D eigenvalue weighted by Gasteiger charge is 2.30. The van der Waals surface area contributed by atoms with E-state index < -0.39 is 27.7 Å². The van der Waals surface area contributed by atoms with Gasteiger partial charge in [0.25, 0.3) is 0 Å². The zero-order valence-corrected chi connectivity index (χ0v) is 17.4. The largest absolute Gasteiger partial charge is 0.492 e. The van der Waals surface area contributed by atoms with E-state index in [1.807, 2.05) is 0 Å². The number of hydrogen-bond donors (Lipinski definition) is 1. The molecule has 1 amide bonds. The Labute approximate surface area is 173 Å². The van der Waals surface area contributed by atoms with Crippen LogP contribution >= 0.6 is 0 Å². The number of ether oxygens (including phenoxy) is 1. The van der Waals surface area contributed by atoms with Gasteiger partial charge >= 0.3 is 6.18 Å². The van der Waals surface area contributed by atoms with Gasteiger partial charge in [0.1, 0.15) is 5.75 Å². The van der Waals surface area contributed by atoms with Crippen LogP contribution in [0.4, 0.5) is 24.5 Å². The zero-order valence-electron chi connectivity index (χ0n) is 16.6. The maximum absolute atomic E-state index is 12.8. The maximum Gasteiger partial charge on any atom is 0.416 e. The van der Waals surface area contributed by atoms with Crippen molar-refractivity contribution >= 4 is 27.3 Å². The van der Waals surface area contributed by atoms with E-state index in [1.165, 1.54) is 12.1 Å². The van der Waals surface area contributed by atoms with Crippen molar-refractivity contribution in [2.75, 3.05) is 29.0 Å². The van der Waals surface area contributed by atoms with Crippen LogP contribution in [0.25, 0.3) is 0 Å². The highest BCUT2D eigenvalue weighted by molar-refractivity contribution is 7.92. The molecule has 2 aromatic carbocycles. The third-order valence-electron chi connectivity index (χ3n) is 4.07. The van der Waals surface area contributed by atoms with Gasteiger partial charge in [-0.3, -0.25) is 9.10 Å². The molecule has 6 nitrogen and oxygen atoms in total. The van der Waals surface area contributed by atoms with Crippen LogP contribution in [0, 0.1) is 0 Å². The Bertz CT molecular complexity index is 978. The SMILES string of the molecule is CCOc1ccccc1N(CCCC(=O)Nc1cccc(C(F)(F)F)c1)S(C)(=O)=O. The summed E-state index contributed by atoms with van der Waals surface area (Å²) in [4.78, 5) is 12.1. The normalized spacial score (nSPS) is 11.8. The molecular formula is C20H23F3N2O4S. The standard InChI is InChI=1S/C20H23F3N2O4S/c1-3-29-18-11-5-4-10-17(18)25(30(2,27)28)13-7-12-19(26)24-16-9-6-8-15(14-16)20(21,22)23/h4-6,8-11,14H,3,7,12-13H2,1-2H3,(H,24,26). The van der Waals surface area contributed by atoms with Crippen LogP contribution < -0.4 is 14.4 Å². The molecule has 0 heterocycles. The Morgan fingerprint density at radius 2 is 1.83 bits per heavy atom. The minimum absolute atomic E-state index is 0.0128. The summed E-state index contributed by atoms with van der Waals surface area (Å²) in [6.07, 6.45) is -3.36. The van der Waals surface area contributed by atoms with Crippen molar-refractivity contribution in [3.63, 3.8) is 0 Å². The molecule has 2 rings (SSSR count). The molecule has 0 fully saturated rings. The number of halogens is 3. The van der Waals surface area contributed by atoms with E-state index in [2.05, 4.69) is 5.32 Å². The third-order valence-corrected chi connectivity index (χ3v) is 5.25. The van der Waals surface area contributed by atoms with Crippen molar-refractivity contribution < 1.29 is 31.1 Å². The van der Waals surface area contributed by atoms with Gasteiger partial charge in [0.15, 0.2) is 0 Å². The first-order valence-electron chi connectivity index (χ1n) is 9.19. The first kappa shape index (κ1) is 23.5. The number of nitrogens with one attached hydrogen (secondary N) is 1. The quantitative estimate of drug-likeness (QED) is 0.626. The number of rotatable bonds is 9.